The van der Waals surface area contributed by atoms with E-state index in [1.54, 1.807) is 25.3 Å². The Morgan fingerprint density at radius 2 is 1.96 bits per heavy atom. The largest absolute Gasteiger partial charge is 0.497 e. The summed E-state index contributed by atoms with van der Waals surface area (Å²) < 4.78 is 5.86. The van der Waals surface area contributed by atoms with Crippen molar-refractivity contribution < 1.29 is 9.66 Å². The summed E-state index contributed by atoms with van der Waals surface area (Å²) >= 11 is 2.82. The number of aromatic nitrogens is 2. The standard InChI is InChI=1S/C16H14N4O3S2/c1-23-13-8-6-12(7-9-13)17-15-18-19-16(25-15)24-10-11-4-2-3-5-14(11)20(21)22/h2-9H,10H2,1H3,(H,17,18). The van der Waals surface area contributed by atoms with E-state index in [9.17, 15) is 10.1 Å². The van der Waals surface area contributed by atoms with Gasteiger partial charge in [-0.25, -0.2) is 0 Å². The second-order valence-electron chi connectivity index (χ2n) is 4.90. The topological polar surface area (TPSA) is 90.2 Å². The van der Waals surface area contributed by atoms with Crippen LogP contribution >= 0.6 is 23.1 Å². The molecule has 128 valence electrons. The Morgan fingerprint density at radius 1 is 1.20 bits per heavy atom. The summed E-state index contributed by atoms with van der Waals surface area (Å²) in [7, 11) is 1.62. The molecule has 3 rings (SSSR count). The van der Waals surface area contributed by atoms with Crippen molar-refractivity contribution >= 4 is 39.6 Å². The van der Waals surface area contributed by atoms with Gasteiger partial charge in [-0.1, -0.05) is 41.3 Å². The molecule has 0 aliphatic heterocycles. The first-order valence-electron chi connectivity index (χ1n) is 7.25. The highest BCUT2D eigenvalue weighted by atomic mass is 32.2. The number of ether oxygens (including phenoxy) is 1. The van der Waals surface area contributed by atoms with Crippen LogP contribution in [0.3, 0.4) is 0 Å². The Bertz CT molecular complexity index is 868. The van der Waals surface area contributed by atoms with E-state index in [0.29, 0.717) is 16.4 Å². The fourth-order valence-corrected chi connectivity index (χ4v) is 3.84. The summed E-state index contributed by atoms with van der Waals surface area (Å²) in [6.07, 6.45) is 0. The number of para-hydroxylation sites is 1. The van der Waals surface area contributed by atoms with Crippen LogP contribution in [0.2, 0.25) is 0 Å². The SMILES string of the molecule is COc1ccc(Nc2nnc(SCc3ccccc3[N+](=O)[O-])s2)cc1. The lowest BCUT2D eigenvalue weighted by atomic mass is 10.2. The Hall–Kier alpha value is -2.65. The van der Waals surface area contributed by atoms with E-state index in [2.05, 4.69) is 15.5 Å². The van der Waals surface area contributed by atoms with Crippen LogP contribution in [0.4, 0.5) is 16.5 Å². The summed E-state index contributed by atoms with van der Waals surface area (Å²) in [5.74, 6) is 1.25. The van der Waals surface area contributed by atoms with Gasteiger partial charge in [-0.3, -0.25) is 10.1 Å². The normalized spacial score (nSPS) is 10.4. The smallest absolute Gasteiger partial charge is 0.273 e. The number of nitrogens with zero attached hydrogens (tertiary/aromatic N) is 3. The quantitative estimate of drug-likeness (QED) is 0.370. The van der Waals surface area contributed by atoms with Gasteiger partial charge in [0.1, 0.15) is 5.75 Å². The van der Waals surface area contributed by atoms with E-state index < -0.39 is 0 Å². The van der Waals surface area contributed by atoms with Gasteiger partial charge in [0.05, 0.1) is 12.0 Å². The summed E-state index contributed by atoms with van der Waals surface area (Å²) in [6, 6.07) is 14.2. The van der Waals surface area contributed by atoms with E-state index in [1.165, 1.54) is 29.2 Å². The first-order chi connectivity index (χ1) is 12.2. The van der Waals surface area contributed by atoms with Crippen molar-refractivity contribution in [1.82, 2.24) is 10.2 Å². The molecule has 0 atom stereocenters. The van der Waals surface area contributed by atoms with Crippen LogP contribution in [0.25, 0.3) is 0 Å². The van der Waals surface area contributed by atoms with E-state index >= 15 is 0 Å². The van der Waals surface area contributed by atoms with Gasteiger partial charge in [0, 0.05) is 23.1 Å². The highest BCUT2D eigenvalue weighted by Gasteiger charge is 2.13. The molecule has 1 heterocycles. The average molecular weight is 374 g/mol. The molecule has 0 saturated carbocycles. The molecule has 2 aromatic carbocycles. The second kappa shape index (κ2) is 7.95. The fourth-order valence-electron chi connectivity index (χ4n) is 2.07. The molecule has 0 saturated heterocycles. The summed E-state index contributed by atoms with van der Waals surface area (Å²) in [4.78, 5) is 10.7. The molecule has 0 aliphatic rings. The van der Waals surface area contributed by atoms with Crippen LogP contribution in [0, 0.1) is 10.1 Å². The van der Waals surface area contributed by atoms with Gasteiger partial charge in [0.2, 0.25) is 5.13 Å². The molecule has 0 aliphatic carbocycles. The lowest BCUT2D eigenvalue weighted by Gasteiger charge is -2.03. The second-order valence-corrected chi connectivity index (χ2v) is 7.10. The van der Waals surface area contributed by atoms with Crippen molar-refractivity contribution in [2.24, 2.45) is 0 Å². The number of nitrogens with one attached hydrogen (secondary N) is 1. The monoisotopic (exact) mass is 374 g/mol. The summed E-state index contributed by atoms with van der Waals surface area (Å²) in [6.45, 7) is 0. The summed E-state index contributed by atoms with van der Waals surface area (Å²) in [5, 5.41) is 23.1. The molecule has 1 N–H and O–H groups in total. The van der Waals surface area contributed by atoms with Gasteiger partial charge in [-0.15, -0.1) is 10.2 Å². The lowest BCUT2D eigenvalue weighted by molar-refractivity contribution is -0.385. The zero-order chi connectivity index (χ0) is 17.6. The maximum atomic E-state index is 11.0. The molecule has 3 aromatic rings. The van der Waals surface area contributed by atoms with Gasteiger partial charge in [-0.05, 0) is 24.3 Å². The highest BCUT2D eigenvalue weighted by Crippen LogP contribution is 2.32. The van der Waals surface area contributed by atoms with Crippen molar-refractivity contribution in [3.63, 3.8) is 0 Å². The maximum Gasteiger partial charge on any atom is 0.273 e. The van der Waals surface area contributed by atoms with E-state index in [0.717, 1.165) is 15.8 Å². The van der Waals surface area contributed by atoms with Gasteiger partial charge >= 0.3 is 0 Å². The van der Waals surface area contributed by atoms with Crippen LogP contribution < -0.4 is 10.1 Å². The van der Waals surface area contributed by atoms with Gasteiger partial charge in [-0.2, -0.15) is 0 Å². The Morgan fingerprint density at radius 3 is 2.68 bits per heavy atom. The number of methoxy groups -OCH3 is 1. The molecular formula is C16H14N4O3S2. The average Bonchev–Trinajstić information content (AvgIpc) is 3.08. The predicted octanol–water partition coefficient (Wildman–Crippen LogP) is 4.49. The zero-order valence-electron chi connectivity index (χ0n) is 13.2. The van der Waals surface area contributed by atoms with Crippen LogP contribution in [-0.4, -0.2) is 22.2 Å². The number of hydrogen-bond donors (Lipinski definition) is 1. The van der Waals surface area contributed by atoms with Crippen molar-refractivity contribution in [2.75, 3.05) is 12.4 Å². The lowest BCUT2D eigenvalue weighted by Crippen LogP contribution is -1.93. The van der Waals surface area contributed by atoms with Crippen LogP contribution in [0.5, 0.6) is 5.75 Å². The minimum Gasteiger partial charge on any atom is -0.497 e. The molecule has 0 radical (unpaired) electrons. The van der Waals surface area contributed by atoms with E-state index in [1.807, 2.05) is 24.3 Å². The summed E-state index contributed by atoms with van der Waals surface area (Å²) in [5.41, 5.74) is 1.67. The number of benzene rings is 2. The fraction of sp³-hybridized carbons (Fsp3) is 0.125. The van der Waals surface area contributed by atoms with E-state index in [-0.39, 0.29) is 10.6 Å². The number of rotatable bonds is 7. The first kappa shape index (κ1) is 17.2. The third kappa shape index (κ3) is 4.46. The molecule has 0 fully saturated rings. The number of hydrogen-bond acceptors (Lipinski definition) is 8. The molecule has 1 aromatic heterocycles. The highest BCUT2D eigenvalue weighted by molar-refractivity contribution is 8.00. The van der Waals surface area contributed by atoms with Crippen molar-refractivity contribution in [1.29, 1.82) is 0 Å². The Balaban J connectivity index is 1.63. The minimum absolute atomic E-state index is 0.121. The van der Waals surface area contributed by atoms with Crippen molar-refractivity contribution in [3.05, 3.63) is 64.2 Å². The number of nitro benzene ring substituents is 1. The molecule has 0 spiro atoms. The van der Waals surface area contributed by atoms with Gasteiger partial charge < -0.3 is 10.1 Å². The van der Waals surface area contributed by atoms with Crippen LogP contribution in [-0.2, 0) is 5.75 Å². The molecule has 0 bridgehead atoms. The molecule has 9 heteroatoms. The van der Waals surface area contributed by atoms with E-state index in [4.69, 9.17) is 4.74 Å². The van der Waals surface area contributed by atoms with Crippen LogP contribution in [0.1, 0.15) is 5.56 Å². The van der Waals surface area contributed by atoms with Crippen molar-refractivity contribution in [3.8, 4) is 5.75 Å². The number of anilines is 2. The molecule has 0 amide bonds. The molecule has 0 unspecified atom stereocenters. The molecule has 25 heavy (non-hydrogen) atoms. The third-order valence-electron chi connectivity index (χ3n) is 3.29. The Kier molecular flexibility index (Phi) is 5.46. The number of thioether (sulfide) groups is 1. The predicted molar refractivity (Wildman–Crippen MR) is 98.8 cm³/mol. The maximum absolute atomic E-state index is 11.0. The van der Waals surface area contributed by atoms with Gasteiger partial charge in [0.15, 0.2) is 4.34 Å². The third-order valence-corrected chi connectivity index (χ3v) is 5.31. The number of nitro groups is 1. The molecular weight excluding hydrogens is 360 g/mol. The first-order valence-corrected chi connectivity index (χ1v) is 9.05. The van der Waals surface area contributed by atoms with Gasteiger partial charge in [0.25, 0.3) is 5.69 Å². The Labute approximate surface area is 152 Å². The van der Waals surface area contributed by atoms with Crippen molar-refractivity contribution in [2.45, 2.75) is 10.1 Å². The minimum atomic E-state index is -0.368. The molecule has 7 nitrogen and oxygen atoms in total. The van der Waals surface area contributed by atoms with Crippen LogP contribution in [0.15, 0.2) is 52.9 Å². The zero-order valence-corrected chi connectivity index (χ0v) is 14.8.